The van der Waals surface area contributed by atoms with Gasteiger partial charge in [-0.3, -0.25) is 9.59 Å². The van der Waals surface area contributed by atoms with E-state index >= 15 is 0 Å². The average molecular weight is 467 g/mol. The molecule has 0 radical (unpaired) electrons. The lowest BCUT2D eigenvalue weighted by molar-refractivity contribution is -0.305. The van der Waals surface area contributed by atoms with E-state index in [0.29, 0.717) is 41.9 Å². The van der Waals surface area contributed by atoms with Gasteiger partial charge in [0.1, 0.15) is 5.76 Å². The smallest absolute Gasteiger partial charge is 0.295 e. The monoisotopic (exact) mass is 466 g/mol. The third kappa shape index (κ3) is 5.22. The molecule has 1 amide bonds. The molecule has 8 nitrogen and oxygen atoms in total. The van der Waals surface area contributed by atoms with E-state index in [1.807, 2.05) is 19.1 Å². The predicted octanol–water partition coefficient (Wildman–Crippen LogP) is 2.74. The summed E-state index contributed by atoms with van der Waals surface area (Å²) in [6.07, 6.45) is 1.39. The number of rotatable bonds is 10. The van der Waals surface area contributed by atoms with Crippen LogP contribution in [0.5, 0.6) is 11.5 Å². The molecule has 1 saturated heterocycles. The highest BCUT2D eigenvalue weighted by Crippen LogP contribution is 2.42. The van der Waals surface area contributed by atoms with Crippen molar-refractivity contribution in [1.82, 2.24) is 4.90 Å². The molecule has 1 aliphatic heterocycles. The second-order valence-electron chi connectivity index (χ2n) is 8.16. The average Bonchev–Trinajstić information content (AvgIpc) is 3.08. The number of benzene rings is 2. The summed E-state index contributed by atoms with van der Waals surface area (Å²) >= 11 is 0. The van der Waals surface area contributed by atoms with Gasteiger partial charge in [-0.15, -0.1) is 0 Å². The third-order valence-electron chi connectivity index (χ3n) is 5.87. The first-order chi connectivity index (χ1) is 16.3. The number of Topliss-reactive ketones (excluding diaryl/α,β-unsaturated/α-hetero) is 1. The number of likely N-dealkylation sites (tertiary alicyclic amines) is 1. The zero-order valence-electron chi connectivity index (χ0n) is 19.5. The van der Waals surface area contributed by atoms with Crippen molar-refractivity contribution in [3.63, 3.8) is 0 Å². The van der Waals surface area contributed by atoms with E-state index < -0.39 is 23.7 Å². The Balaban J connectivity index is 2.04. The lowest BCUT2D eigenvalue weighted by Gasteiger charge is -2.26. The molecule has 1 aliphatic rings. The number of carbonyl (C=O) groups is 3. The van der Waals surface area contributed by atoms with Gasteiger partial charge in [-0.25, -0.2) is 0 Å². The zero-order valence-corrected chi connectivity index (χ0v) is 19.5. The zero-order chi connectivity index (χ0) is 24.8. The molecule has 0 spiro atoms. The van der Waals surface area contributed by atoms with Gasteiger partial charge in [0.05, 0.1) is 25.8 Å². The molecule has 1 N–H and O–H groups in total. The van der Waals surface area contributed by atoms with E-state index in [2.05, 4.69) is 0 Å². The van der Waals surface area contributed by atoms with Crippen molar-refractivity contribution in [2.45, 2.75) is 38.6 Å². The van der Waals surface area contributed by atoms with Gasteiger partial charge in [-0.2, -0.15) is 0 Å². The minimum atomic E-state index is -1.12. The van der Waals surface area contributed by atoms with Crippen molar-refractivity contribution in [1.29, 1.82) is 0 Å². The summed E-state index contributed by atoms with van der Waals surface area (Å²) in [7, 11) is 3.00. The van der Waals surface area contributed by atoms with Crippen LogP contribution >= 0.6 is 0 Å². The van der Waals surface area contributed by atoms with Gasteiger partial charge in [0.15, 0.2) is 11.5 Å². The molecule has 8 heteroatoms. The van der Waals surface area contributed by atoms with E-state index in [4.69, 9.17) is 9.47 Å². The maximum Gasteiger partial charge on any atom is 0.295 e. The van der Waals surface area contributed by atoms with Crippen LogP contribution in [0.15, 0.2) is 48.0 Å². The van der Waals surface area contributed by atoms with Crippen molar-refractivity contribution >= 4 is 23.4 Å². The van der Waals surface area contributed by atoms with E-state index in [-0.39, 0.29) is 24.3 Å². The van der Waals surface area contributed by atoms with E-state index in [9.17, 15) is 24.6 Å². The topological polar surface area (TPSA) is 116 Å². The predicted molar refractivity (Wildman–Crippen MR) is 123 cm³/mol. The molecule has 0 bridgehead atoms. The summed E-state index contributed by atoms with van der Waals surface area (Å²) in [6.45, 7) is 2.13. The van der Waals surface area contributed by atoms with E-state index in [0.717, 1.165) is 5.56 Å². The molecular formula is C26H28NO7-. The van der Waals surface area contributed by atoms with Crippen LogP contribution in [0.4, 0.5) is 0 Å². The van der Waals surface area contributed by atoms with Crippen LogP contribution in [-0.4, -0.2) is 48.4 Å². The molecule has 34 heavy (non-hydrogen) atoms. The van der Waals surface area contributed by atoms with Gasteiger partial charge < -0.3 is 29.4 Å². The normalized spacial score (nSPS) is 17.1. The highest BCUT2D eigenvalue weighted by molar-refractivity contribution is 6.46. The minimum Gasteiger partial charge on any atom is -0.550 e. The lowest BCUT2D eigenvalue weighted by atomic mass is 9.94. The number of carboxylic acids is 1. The van der Waals surface area contributed by atoms with Crippen LogP contribution in [0.25, 0.3) is 5.76 Å². The maximum absolute atomic E-state index is 13.1. The Morgan fingerprint density at radius 3 is 2.29 bits per heavy atom. The first kappa shape index (κ1) is 24.8. The Kier molecular flexibility index (Phi) is 7.94. The molecule has 2 aromatic rings. The summed E-state index contributed by atoms with van der Waals surface area (Å²) < 4.78 is 10.7. The Bertz CT molecular complexity index is 1100. The van der Waals surface area contributed by atoms with E-state index in [1.54, 1.807) is 30.3 Å². The molecule has 1 heterocycles. The van der Waals surface area contributed by atoms with Crippen LogP contribution in [-0.2, 0) is 14.4 Å². The van der Waals surface area contributed by atoms with Crippen molar-refractivity contribution in [2.75, 3.05) is 20.8 Å². The molecule has 1 fully saturated rings. The molecule has 3 rings (SSSR count). The molecule has 2 aromatic carbocycles. The fraction of sp³-hybridized carbons (Fsp3) is 0.346. The number of unbranched alkanes of at least 4 members (excludes halogenated alkanes) is 2. The SMILES string of the molecule is COc1ccc(C2C(=C(O)c3ccc(C)cc3)C(=O)C(=O)N2CCCCCC(=O)[O-])cc1OC. The number of ether oxygens (including phenoxy) is 2. The Morgan fingerprint density at radius 1 is 1.00 bits per heavy atom. The number of hydrogen-bond acceptors (Lipinski definition) is 7. The summed E-state index contributed by atoms with van der Waals surface area (Å²) in [5, 5.41) is 21.8. The number of aliphatic hydroxyl groups is 1. The highest BCUT2D eigenvalue weighted by Gasteiger charge is 2.46. The number of amides is 1. The summed E-state index contributed by atoms with van der Waals surface area (Å²) in [6, 6.07) is 11.3. The second kappa shape index (κ2) is 10.9. The number of aliphatic hydroxyl groups excluding tert-OH is 1. The number of carboxylic acid groups (broad SMARTS) is 1. The van der Waals surface area contributed by atoms with Crippen LogP contribution in [0, 0.1) is 6.92 Å². The van der Waals surface area contributed by atoms with Crippen molar-refractivity contribution in [2.24, 2.45) is 0 Å². The minimum absolute atomic E-state index is 0.00388. The quantitative estimate of drug-likeness (QED) is 0.248. The first-order valence-electron chi connectivity index (χ1n) is 11.1. The second-order valence-corrected chi connectivity index (χ2v) is 8.16. The van der Waals surface area contributed by atoms with Gasteiger partial charge in [-0.05, 0) is 43.9 Å². The Labute approximate surface area is 198 Å². The summed E-state index contributed by atoms with van der Waals surface area (Å²) in [4.78, 5) is 38.2. The molecule has 1 atom stereocenters. The number of carbonyl (C=O) groups excluding carboxylic acids is 3. The Morgan fingerprint density at radius 2 is 1.68 bits per heavy atom. The Hall–Kier alpha value is -3.81. The van der Waals surface area contributed by atoms with Crippen LogP contribution in [0.1, 0.15) is 48.4 Å². The fourth-order valence-electron chi connectivity index (χ4n) is 4.08. The lowest BCUT2D eigenvalue weighted by Crippen LogP contribution is -2.30. The van der Waals surface area contributed by atoms with Crippen LogP contribution in [0.2, 0.25) is 0 Å². The first-order valence-corrected chi connectivity index (χ1v) is 11.1. The van der Waals surface area contributed by atoms with Crippen LogP contribution < -0.4 is 14.6 Å². The molecule has 0 aliphatic carbocycles. The number of nitrogens with zero attached hydrogens (tertiary/aromatic N) is 1. The fourth-order valence-corrected chi connectivity index (χ4v) is 4.08. The largest absolute Gasteiger partial charge is 0.550 e. The third-order valence-corrected chi connectivity index (χ3v) is 5.87. The summed E-state index contributed by atoms with van der Waals surface area (Å²) in [5.74, 6) is -1.94. The van der Waals surface area contributed by atoms with Gasteiger partial charge in [0.25, 0.3) is 11.7 Å². The molecule has 180 valence electrons. The van der Waals surface area contributed by atoms with Crippen molar-refractivity contribution < 1.29 is 34.1 Å². The van der Waals surface area contributed by atoms with Crippen molar-refractivity contribution in [3.05, 3.63) is 64.7 Å². The molecule has 0 saturated carbocycles. The highest BCUT2D eigenvalue weighted by atomic mass is 16.5. The number of hydrogen-bond donors (Lipinski definition) is 1. The number of methoxy groups -OCH3 is 2. The van der Waals surface area contributed by atoms with Crippen molar-refractivity contribution in [3.8, 4) is 11.5 Å². The maximum atomic E-state index is 13.1. The van der Waals surface area contributed by atoms with Gasteiger partial charge in [0, 0.05) is 18.1 Å². The van der Waals surface area contributed by atoms with Gasteiger partial charge >= 0.3 is 0 Å². The van der Waals surface area contributed by atoms with Crippen LogP contribution in [0.3, 0.4) is 0 Å². The van der Waals surface area contributed by atoms with Gasteiger partial charge in [0.2, 0.25) is 0 Å². The molecule has 1 unspecified atom stereocenters. The molecular weight excluding hydrogens is 438 g/mol. The number of aryl methyl sites for hydroxylation is 1. The standard InChI is InChI=1S/C26H29NO7/c1-16-8-10-17(11-9-16)24(30)22-23(18-12-13-19(33-2)20(15-18)34-3)27(26(32)25(22)31)14-6-4-5-7-21(28)29/h8-13,15,23,30H,4-7,14H2,1-3H3,(H,28,29)/p-1. The summed E-state index contributed by atoms with van der Waals surface area (Å²) in [5.41, 5.74) is 2.00. The number of ketones is 1. The van der Waals surface area contributed by atoms with E-state index in [1.165, 1.54) is 19.1 Å². The van der Waals surface area contributed by atoms with Gasteiger partial charge in [-0.1, -0.05) is 42.3 Å². The number of aliphatic carboxylic acids is 1. The molecule has 0 aromatic heterocycles.